The molecule has 0 N–H and O–H groups in total. The molecule has 4 rings (SSSR count). The summed E-state index contributed by atoms with van der Waals surface area (Å²) in [6.07, 6.45) is 2.10. The van der Waals surface area contributed by atoms with Crippen LogP contribution in [-0.4, -0.2) is 56.0 Å². The van der Waals surface area contributed by atoms with E-state index in [0.29, 0.717) is 17.5 Å². The van der Waals surface area contributed by atoms with Gasteiger partial charge in [0.25, 0.3) is 5.91 Å². The molecular weight excluding hydrogens is 460 g/mol. The molecule has 7 nitrogen and oxygen atoms in total. The maximum absolute atomic E-state index is 12.9. The van der Waals surface area contributed by atoms with E-state index < -0.39 is 9.84 Å². The molecule has 9 heteroatoms. The van der Waals surface area contributed by atoms with Crippen molar-refractivity contribution in [2.75, 3.05) is 30.1 Å². The molecule has 2 aromatic carbocycles. The van der Waals surface area contributed by atoms with Gasteiger partial charge in [-0.25, -0.2) is 8.42 Å². The Morgan fingerprint density at radius 3 is 2.79 bits per heavy atom. The average molecular weight is 489 g/mol. The van der Waals surface area contributed by atoms with Gasteiger partial charge in [0.1, 0.15) is 11.5 Å². The van der Waals surface area contributed by atoms with Crippen LogP contribution in [0.25, 0.3) is 0 Å². The van der Waals surface area contributed by atoms with Crippen LogP contribution in [0.2, 0.25) is 0 Å². The molecule has 0 bridgehead atoms. The quantitative estimate of drug-likeness (QED) is 0.524. The second-order valence-corrected chi connectivity index (χ2v) is 11.5. The summed E-state index contributed by atoms with van der Waals surface area (Å²) in [4.78, 5) is 19.2. The molecule has 2 saturated heterocycles. The number of carbonyl (C=O) groups is 1. The first-order valence-corrected chi connectivity index (χ1v) is 13.7. The summed E-state index contributed by atoms with van der Waals surface area (Å²) >= 11 is 1.37. The Morgan fingerprint density at radius 2 is 2.00 bits per heavy atom. The molecule has 2 fully saturated rings. The fraction of sp³-hybridized carbons (Fsp3) is 0.417. The molecule has 2 heterocycles. The molecule has 0 aliphatic carbocycles. The first kappa shape index (κ1) is 23.6. The predicted molar refractivity (Wildman–Crippen MR) is 132 cm³/mol. The molecule has 2 aromatic rings. The number of amides is 1. The smallest absolute Gasteiger partial charge is 0.252 e. The molecule has 176 valence electrons. The van der Waals surface area contributed by atoms with Crippen LogP contribution >= 0.6 is 11.8 Å². The number of aliphatic imine (C=N–C) groups is 1. The number of sulfone groups is 1. The number of methoxy groups -OCH3 is 1. The van der Waals surface area contributed by atoms with Gasteiger partial charge >= 0.3 is 0 Å². The third-order valence-corrected chi connectivity index (χ3v) is 8.89. The van der Waals surface area contributed by atoms with Gasteiger partial charge in [0.15, 0.2) is 15.0 Å². The van der Waals surface area contributed by atoms with E-state index in [1.807, 2.05) is 53.4 Å². The Hall–Kier alpha value is -2.52. The lowest BCUT2D eigenvalue weighted by atomic mass is 10.1. The minimum absolute atomic E-state index is 0.0469. The predicted octanol–water partition coefficient (Wildman–Crippen LogP) is 3.72. The van der Waals surface area contributed by atoms with E-state index in [-0.39, 0.29) is 35.1 Å². The van der Waals surface area contributed by atoms with Gasteiger partial charge in [0.05, 0.1) is 37.7 Å². The summed E-state index contributed by atoms with van der Waals surface area (Å²) < 4.78 is 35.8. The van der Waals surface area contributed by atoms with Gasteiger partial charge < -0.3 is 14.4 Å². The summed E-state index contributed by atoms with van der Waals surface area (Å²) in [5.41, 5.74) is 1.54. The highest BCUT2D eigenvalue weighted by Crippen LogP contribution is 2.41. The highest BCUT2D eigenvalue weighted by atomic mass is 32.2. The van der Waals surface area contributed by atoms with E-state index in [1.165, 1.54) is 11.8 Å². The average Bonchev–Trinajstić information content (AvgIpc) is 3.25. The van der Waals surface area contributed by atoms with Crippen molar-refractivity contribution >= 4 is 38.4 Å². The number of carbonyl (C=O) groups excluding carboxylic acids is 1. The summed E-state index contributed by atoms with van der Waals surface area (Å²) in [5, 5.41) is 0.378. The molecule has 1 amide bonds. The van der Waals surface area contributed by atoms with Crippen LogP contribution < -0.4 is 14.4 Å². The zero-order chi connectivity index (χ0) is 23.4. The van der Waals surface area contributed by atoms with Crippen LogP contribution in [0.1, 0.15) is 25.3 Å². The summed E-state index contributed by atoms with van der Waals surface area (Å²) in [6, 6.07) is 14.7. The third-order valence-electron chi connectivity index (χ3n) is 5.68. The number of hydrogen-bond donors (Lipinski definition) is 0. The highest BCUT2D eigenvalue weighted by molar-refractivity contribution is 8.16. The van der Waals surface area contributed by atoms with Crippen molar-refractivity contribution in [2.24, 2.45) is 4.99 Å². The molecule has 2 atom stereocenters. The maximum Gasteiger partial charge on any atom is 0.252 e. The number of ether oxygens (including phenoxy) is 2. The second kappa shape index (κ2) is 10.2. The second-order valence-electron chi connectivity index (χ2n) is 8.15. The van der Waals surface area contributed by atoms with E-state index in [0.717, 1.165) is 29.8 Å². The maximum atomic E-state index is 12.9. The largest absolute Gasteiger partial charge is 0.496 e. The van der Waals surface area contributed by atoms with Crippen molar-refractivity contribution in [1.29, 1.82) is 0 Å². The minimum atomic E-state index is -3.13. The number of fused-ring (bicyclic) bond motifs is 1. The van der Waals surface area contributed by atoms with Crippen LogP contribution in [0.3, 0.4) is 0 Å². The number of benzene rings is 2. The Balaban J connectivity index is 1.61. The zero-order valence-corrected chi connectivity index (χ0v) is 20.4. The van der Waals surface area contributed by atoms with Crippen LogP contribution in [0.4, 0.5) is 5.69 Å². The van der Waals surface area contributed by atoms with Crippen LogP contribution in [-0.2, 0) is 21.1 Å². The van der Waals surface area contributed by atoms with Gasteiger partial charge in [-0.15, -0.1) is 0 Å². The first-order valence-electron chi connectivity index (χ1n) is 11.0. The molecule has 0 aromatic heterocycles. The van der Waals surface area contributed by atoms with Gasteiger partial charge in [0.2, 0.25) is 0 Å². The number of unbranched alkanes of at least 4 members (excludes halogenated alkanes) is 1. The van der Waals surface area contributed by atoms with Crippen molar-refractivity contribution in [1.82, 2.24) is 0 Å². The number of para-hydroxylation sites is 1. The molecule has 33 heavy (non-hydrogen) atoms. The Kier molecular flexibility index (Phi) is 7.29. The lowest BCUT2D eigenvalue weighted by Gasteiger charge is -2.25. The summed E-state index contributed by atoms with van der Waals surface area (Å²) in [7, 11) is -1.56. The van der Waals surface area contributed by atoms with E-state index >= 15 is 0 Å². The molecule has 2 aliphatic heterocycles. The Morgan fingerprint density at radius 1 is 1.18 bits per heavy atom. The molecule has 0 spiro atoms. The number of hydrogen-bond acceptors (Lipinski definition) is 6. The fourth-order valence-electron chi connectivity index (χ4n) is 4.08. The van der Waals surface area contributed by atoms with Crippen molar-refractivity contribution < 1.29 is 22.7 Å². The molecule has 0 saturated carbocycles. The summed E-state index contributed by atoms with van der Waals surface area (Å²) in [6.45, 7) is 2.72. The fourth-order valence-corrected chi connectivity index (χ4v) is 8.01. The lowest BCUT2D eigenvalue weighted by Crippen LogP contribution is -2.37. The van der Waals surface area contributed by atoms with Crippen LogP contribution in [0.15, 0.2) is 53.5 Å². The van der Waals surface area contributed by atoms with E-state index in [4.69, 9.17) is 9.47 Å². The van der Waals surface area contributed by atoms with Crippen LogP contribution in [0.5, 0.6) is 11.5 Å². The zero-order valence-electron chi connectivity index (χ0n) is 18.8. The first-order chi connectivity index (χ1) is 15.9. The van der Waals surface area contributed by atoms with Crippen LogP contribution in [0, 0.1) is 0 Å². The number of nitrogens with zero attached hydrogens (tertiary/aromatic N) is 2. The SMILES string of the molecule is CCCCOc1cccc(N2C(=NC(=O)Cc3ccccc3OC)S[C@H]3CS(=O)(=O)C[C@H]32)c1. The van der Waals surface area contributed by atoms with E-state index in [1.54, 1.807) is 7.11 Å². The Labute approximate surface area is 199 Å². The molecule has 2 aliphatic rings. The van der Waals surface area contributed by atoms with Crippen molar-refractivity contribution in [3.8, 4) is 11.5 Å². The van der Waals surface area contributed by atoms with Gasteiger partial charge in [0, 0.05) is 22.6 Å². The number of anilines is 1. The van der Waals surface area contributed by atoms with E-state index in [2.05, 4.69) is 11.9 Å². The number of rotatable bonds is 8. The summed E-state index contributed by atoms with van der Waals surface area (Å²) in [5.74, 6) is 1.19. The number of thioether (sulfide) groups is 1. The number of amidine groups is 1. The molecular formula is C24H28N2O5S2. The Bertz CT molecular complexity index is 1150. The van der Waals surface area contributed by atoms with Gasteiger partial charge in [-0.3, -0.25) is 4.79 Å². The topological polar surface area (TPSA) is 85.3 Å². The third kappa shape index (κ3) is 5.52. The molecule has 0 unspecified atom stereocenters. The normalized spacial score (nSPS) is 22.4. The van der Waals surface area contributed by atoms with Crippen molar-refractivity contribution in [2.45, 2.75) is 37.5 Å². The van der Waals surface area contributed by atoms with Gasteiger partial charge in [-0.05, 0) is 24.6 Å². The van der Waals surface area contributed by atoms with Gasteiger partial charge in [-0.2, -0.15) is 4.99 Å². The monoisotopic (exact) mass is 488 g/mol. The van der Waals surface area contributed by atoms with E-state index in [9.17, 15) is 13.2 Å². The lowest BCUT2D eigenvalue weighted by molar-refractivity contribution is -0.117. The highest BCUT2D eigenvalue weighted by Gasteiger charge is 2.49. The molecule has 0 radical (unpaired) electrons. The van der Waals surface area contributed by atoms with Gasteiger partial charge in [-0.1, -0.05) is 49.4 Å². The van der Waals surface area contributed by atoms with Crippen molar-refractivity contribution in [3.05, 3.63) is 54.1 Å². The van der Waals surface area contributed by atoms with Crippen molar-refractivity contribution in [3.63, 3.8) is 0 Å². The standard InChI is InChI=1S/C24H28N2O5S2/c1-3-4-12-31-19-10-7-9-18(14-19)26-20-15-33(28,29)16-22(20)32-24(26)25-23(27)13-17-8-5-6-11-21(17)30-2/h5-11,14,20,22H,3-4,12-13,15-16H2,1-2H3/t20-,22+/m1/s1. The minimum Gasteiger partial charge on any atom is -0.496 e.